The van der Waals surface area contributed by atoms with Crippen LogP contribution in [0.15, 0.2) is 12.1 Å². The van der Waals surface area contributed by atoms with Gasteiger partial charge in [0.2, 0.25) is 0 Å². The minimum Gasteiger partial charge on any atom is -0.351 e. The van der Waals surface area contributed by atoms with Crippen LogP contribution in [0.5, 0.6) is 0 Å². The highest BCUT2D eigenvalue weighted by Crippen LogP contribution is 2.29. The second-order valence-electron chi connectivity index (χ2n) is 4.31. The molecule has 1 heterocycles. The summed E-state index contributed by atoms with van der Waals surface area (Å²) in [6.45, 7) is 3.74. The van der Waals surface area contributed by atoms with Gasteiger partial charge in [0.1, 0.15) is 5.15 Å². The molecule has 1 rings (SSSR count). The summed E-state index contributed by atoms with van der Waals surface area (Å²) >= 11 is 5.64. The van der Waals surface area contributed by atoms with Crippen LogP contribution in [-0.2, 0) is 0 Å². The molecule has 8 heteroatoms. The van der Waals surface area contributed by atoms with Crippen molar-refractivity contribution in [2.45, 2.75) is 25.3 Å². The van der Waals surface area contributed by atoms with E-state index in [0.717, 1.165) is 0 Å². The maximum atomic E-state index is 11.9. The zero-order valence-electron chi connectivity index (χ0n) is 10.9. The molecule has 20 heavy (non-hydrogen) atoms. The predicted molar refractivity (Wildman–Crippen MR) is 74.2 cm³/mol. The van der Waals surface area contributed by atoms with Crippen LogP contribution in [0.25, 0.3) is 0 Å². The molecule has 3 nitrogen and oxygen atoms in total. The zero-order valence-corrected chi connectivity index (χ0v) is 12.5. The lowest BCUT2D eigenvalue weighted by Gasteiger charge is -2.10. The Balaban J connectivity index is 2.59. The maximum absolute atomic E-state index is 11.9. The average molecular weight is 327 g/mol. The van der Waals surface area contributed by atoms with Gasteiger partial charge in [0.25, 0.3) is 5.91 Å². The van der Waals surface area contributed by atoms with E-state index in [-0.39, 0.29) is 35.1 Å². The van der Waals surface area contributed by atoms with Crippen molar-refractivity contribution in [1.82, 2.24) is 10.3 Å². The lowest BCUT2D eigenvalue weighted by Crippen LogP contribution is -2.26. The third kappa shape index (κ3) is 6.00. The number of hydrogen-bond donors (Lipinski definition) is 1. The van der Waals surface area contributed by atoms with Gasteiger partial charge in [-0.2, -0.15) is 13.2 Å². The Morgan fingerprint density at radius 3 is 2.65 bits per heavy atom. The van der Waals surface area contributed by atoms with Crippen LogP contribution in [0, 0.1) is 0 Å². The standard InChI is InChI=1S/C12H14ClF3N2OS/c1-7(2)9-5-8(6-10(13)18-9)11(19)17-3-4-20-12(14,15)16/h5-7H,3-4H2,1-2H3,(H,17,19). The van der Waals surface area contributed by atoms with Crippen LogP contribution in [0.4, 0.5) is 13.2 Å². The van der Waals surface area contributed by atoms with E-state index in [1.807, 2.05) is 13.8 Å². The Hall–Kier alpha value is -0.950. The molecule has 0 aliphatic carbocycles. The lowest BCUT2D eigenvalue weighted by molar-refractivity contribution is -0.0327. The van der Waals surface area contributed by atoms with Crippen molar-refractivity contribution in [3.63, 3.8) is 0 Å². The number of thioether (sulfide) groups is 1. The number of aromatic nitrogens is 1. The Morgan fingerprint density at radius 2 is 2.10 bits per heavy atom. The summed E-state index contributed by atoms with van der Waals surface area (Å²) in [6.07, 6.45) is 0. The van der Waals surface area contributed by atoms with Crippen molar-refractivity contribution in [3.05, 3.63) is 28.5 Å². The molecule has 0 unspecified atom stereocenters. The Bertz CT molecular complexity index is 480. The molecule has 0 fully saturated rings. The smallest absolute Gasteiger partial charge is 0.351 e. The van der Waals surface area contributed by atoms with Gasteiger partial charge in [0.05, 0.1) is 0 Å². The first-order chi connectivity index (χ1) is 9.19. The van der Waals surface area contributed by atoms with E-state index in [2.05, 4.69) is 10.3 Å². The van der Waals surface area contributed by atoms with Crippen LogP contribution in [0.3, 0.4) is 0 Å². The Kier molecular flexibility index (Phi) is 6.13. The van der Waals surface area contributed by atoms with Gasteiger partial charge in [-0.3, -0.25) is 4.79 Å². The molecule has 1 aromatic rings. The number of nitrogens with one attached hydrogen (secondary N) is 1. The summed E-state index contributed by atoms with van der Waals surface area (Å²) in [5.74, 6) is -0.592. The molecule has 1 amide bonds. The Labute approximate surface area is 124 Å². The number of amides is 1. The molecule has 0 bridgehead atoms. The minimum atomic E-state index is -4.28. The summed E-state index contributed by atoms with van der Waals surface area (Å²) < 4.78 is 35.8. The summed E-state index contributed by atoms with van der Waals surface area (Å²) in [6, 6.07) is 2.97. The zero-order chi connectivity index (χ0) is 15.3. The van der Waals surface area contributed by atoms with Gasteiger partial charge >= 0.3 is 5.51 Å². The van der Waals surface area contributed by atoms with Crippen molar-refractivity contribution < 1.29 is 18.0 Å². The van der Waals surface area contributed by atoms with Crippen LogP contribution in [-0.4, -0.2) is 28.7 Å². The molecule has 0 aliphatic rings. The summed E-state index contributed by atoms with van der Waals surface area (Å²) in [4.78, 5) is 15.9. The first-order valence-corrected chi connectivity index (χ1v) is 7.22. The van der Waals surface area contributed by atoms with Gasteiger partial charge in [-0.25, -0.2) is 4.98 Å². The Morgan fingerprint density at radius 1 is 1.45 bits per heavy atom. The molecule has 1 N–H and O–H groups in total. The number of rotatable bonds is 5. The highest BCUT2D eigenvalue weighted by atomic mass is 35.5. The van der Waals surface area contributed by atoms with Gasteiger partial charge in [-0.1, -0.05) is 25.4 Å². The molecular formula is C12H14ClF3N2OS. The SMILES string of the molecule is CC(C)c1cc(C(=O)NCCSC(F)(F)F)cc(Cl)n1. The molecule has 0 atom stereocenters. The van der Waals surface area contributed by atoms with Gasteiger partial charge in [0, 0.05) is 23.6 Å². The highest BCUT2D eigenvalue weighted by molar-refractivity contribution is 8.00. The van der Waals surface area contributed by atoms with Crippen molar-refractivity contribution in [2.24, 2.45) is 0 Å². The van der Waals surface area contributed by atoms with E-state index in [4.69, 9.17) is 11.6 Å². The molecule has 0 aromatic carbocycles. The second-order valence-corrected chi connectivity index (χ2v) is 5.86. The van der Waals surface area contributed by atoms with Crippen molar-refractivity contribution in [2.75, 3.05) is 12.3 Å². The first kappa shape index (κ1) is 17.1. The molecule has 0 saturated heterocycles. The number of hydrogen-bond acceptors (Lipinski definition) is 3. The topological polar surface area (TPSA) is 42.0 Å². The normalized spacial score (nSPS) is 11.8. The van der Waals surface area contributed by atoms with Gasteiger partial charge < -0.3 is 5.32 Å². The number of carbonyl (C=O) groups is 1. The third-order valence-corrected chi connectivity index (χ3v) is 3.25. The molecule has 0 saturated carbocycles. The van der Waals surface area contributed by atoms with E-state index in [9.17, 15) is 18.0 Å². The van der Waals surface area contributed by atoms with Crippen LogP contribution in [0.1, 0.15) is 35.8 Å². The summed E-state index contributed by atoms with van der Waals surface area (Å²) in [5.41, 5.74) is -3.33. The molecule has 112 valence electrons. The quantitative estimate of drug-likeness (QED) is 0.660. The predicted octanol–water partition coefficient (Wildman–Crippen LogP) is 3.84. The fraction of sp³-hybridized carbons (Fsp3) is 0.500. The van der Waals surface area contributed by atoms with Gasteiger partial charge in [-0.05, 0) is 29.8 Å². The largest absolute Gasteiger partial charge is 0.441 e. The van der Waals surface area contributed by atoms with E-state index in [0.29, 0.717) is 11.3 Å². The maximum Gasteiger partial charge on any atom is 0.441 e. The van der Waals surface area contributed by atoms with Gasteiger partial charge in [-0.15, -0.1) is 0 Å². The number of nitrogens with zero attached hydrogens (tertiary/aromatic N) is 1. The lowest BCUT2D eigenvalue weighted by atomic mass is 10.1. The van der Waals surface area contributed by atoms with Crippen LogP contribution in [0.2, 0.25) is 5.15 Å². The van der Waals surface area contributed by atoms with Crippen molar-refractivity contribution in [1.29, 1.82) is 0 Å². The average Bonchev–Trinajstić information content (AvgIpc) is 2.32. The fourth-order valence-electron chi connectivity index (χ4n) is 1.38. The van der Waals surface area contributed by atoms with Gasteiger partial charge in [0.15, 0.2) is 0 Å². The van der Waals surface area contributed by atoms with Crippen molar-refractivity contribution in [3.8, 4) is 0 Å². The van der Waals surface area contributed by atoms with Crippen molar-refractivity contribution >= 4 is 29.3 Å². The second kappa shape index (κ2) is 7.17. The summed E-state index contributed by atoms with van der Waals surface area (Å²) in [7, 11) is 0. The number of pyridine rings is 1. The van der Waals surface area contributed by atoms with E-state index >= 15 is 0 Å². The molecule has 1 aromatic heterocycles. The molecule has 0 spiro atoms. The monoisotopic (exact) mass is 326 g/mol. The van der Waals surface area contributed by atoms with E-state index in [1.54, 1.807) is 6.07 Å². The van der Waals surface area contributed by atoms with E-state index in [1.165, 1.54) is 6.07 Å². The first-order valence-electron chi connectivity index (χ1n) is 5.85. The number of carbonyl (C=O) groups excluding carboxylic acids is 1. The summed E-state index contributed by atoms with van der Waals surface area (Å²) in [5, 5.41) is 2.60. The highest BCUT2D eigenvalue weighted by Gasteiger charge is 2.27. The molecule has 0 radical (unpaired) electrons. The molecule has 0 aliphatic heterocycles. The third-order valence-electron chi connectivity index (χ3n) is 2.32. The number of halogens is 4. The fourth-order valence-corrected chi connectivity index (χ4v) is 2.03. The van der Waals surface area contributed by atoms with Crippen LogP contribution < -0.4 is 5.32 Å². The van der Waals surface area contributed by atoms with Crippen LogP contribution >= 0.6 is 23.4 Å². The minimum absolute atomic E-state index is 0.0695. The van der Waals surface area contributed by atoms with E-state index < -0.39 is 11.4 Å². The number of alkyl halides is 3. The molecular weight excluding hydrogens is 313 g/mol.